The number of likely N-dealkylation sites (tertiary alicyclic amines) is 1. The van der Waals surface area contributed by atoms with Gasteiger partial charge in [0.25, 0.3) is 0 Å². The first-order chi connectivity index (χ1) is 7.06. The molecule has 4 nitrogen and oxygen atoms in total. The van der Waals surface area contributed by atoms with E-state index in [2.05, 4.69) is 23.9 Å². The van der Waals surface area contributed by atoms with Crippen LogP contribution in [0, 0.1) is 0 Å². The summed E-state index contributed by atoms with van der Waals surface area (Å²) in [5.74, 6) is -0.680. The Balaban J connectivity index is 2.45. The van der Waals surface area contributed by atoms with Crippen LogP contribution in [-0.4, -0.2) is 60.1 Å². The standard InChI is InChI=1S/C11H22N2O2/c1-4-10(11(14)15)13-7-5-9(6-8-13)12(2)3/h9-10H,4-8H2,1-3H3,(H,14,15). The van der Waals surface area contributed by atoms with Crippen molar-refractivity contribution in [3.05, 3.63) is 0 Å². The highest BCUT2D eigenvalue weighted by Crippen LogP contribution is 2.17. The molecule has 0 radical (unpaired) electrons. The Bertz CT molecular complexity index is 211. The number of aliphatic carboxylic acids is 1. The Labute approximate surface area is 91.9 Å². The molecule has 0 aromatic carbocycles. The third-order valence-corrected chi connectivity index (χ3v) is 3.34. The first-order valence-corrected chi connectivity index (χ1v) is 5.69. The molecule has 15 heavy (non-hydrogen) atoms. The minimum atomic E-state index is -0.680. The van der Waals surface area contributed by atoms with Crippen molar-refractivity contribution in [2.75, 3.05) is 27.2 Å². The molecule has 1 aliphatic heterocycles. The number of carboxylic acids is 1. The van der Waals surface area contributed by atoms with Gasteiger partial charge in [-0.2, -0.15) is 0 Å². The van der Waals surface area contributed by atoms with Crippen LogP contribution in [0.25, 0.3) is 0 Å². The predicted octanol–water partition coefficient (Wildman–Crippen LogP) is 0.876. The summed E-state index contributed by atoms with van der Waals surface area (Å²) >= 11 is 0. The molecular weight excluding hydrogens is 192 g/mol. The van der Waals surface area contributed by atoms with Gasteiger partial charge < -0.3 is 10.0 Å². The molecule has 88 valence electrons. The van der Waals surface area contributed by atoms with Crippen LogP contribution in [0.3, 0.4) is 0 Å². The molecule has 1 aliphatic rings. The fourth-order valence-corrected chi connectivity index (χ4v) is 2.30. The monoisotopic (exact) mass is 214 g/mol. The molecule has 1 N–H and O–H groups in total. The summed E-state index contributed by atoms with van der Waals surface area (Å²) in [6, 6.07) is 0.334. The van der Waals surface area contributed by atoms with Crippen LogP contribution in [0.1, 0.15) is 26.2 Å². The summed E-state index contributed by atoms with van der Waals surface area (Å²) < 4.78 is 0. The van der Waals surface area contributed by atoms with Gasteiger partial charge in [-0.3, -0.25) is 9.69 Å². The molecule has 0 spiro atoms. The van der Waals surface area contributed by atoms with E-state index in [1.165, 1.54) is 0 Å². The van der Waals surface area contributed by atoms with Crippen molar-refractivity contribution >= 4 is 5.97 Å². The van der Waals surface area contributed by atoms with Gasteiger partial charge in [0.05, 0.1) is 0 Å². The van der Waals surface area contributed by atoms with Crippen molar-refractivity contribution in [3.63, 3.8) is 0 Å². The predicted molar refractivity (Wildman–Crippen MR) is 60.0 cm³/mol. The van der Waals surface area contributed by atoms with E-state index >= 15 is 0 Å². The van der Waals surface area contributed by atoms with Crippen LogP contribution >= 0.6 is 0 Å². The van der Waals surface area contributed by atoms with Crippen molar-refractivity contribution in [1.29, 1.82) is 0 Å². The maximum absolute atomic E-state index is 11.0. The third kappa shape index (κ3) is 3.18. The largest absolute Gasteiger partial charge is 0.480 e. The van der Waals surface area contributed by atoms with Gasteiger partial charge in [0.1, 0.15) is 6.04 Å². The van der Waals surface area contributed by atoms with Gasteiger partial charge in [-0.1, -0.05) is 6.92 Å². The van der Waals surface area contributed by atoms with Crippen molar-refractivity contribution < 1.29 is 9.90 Å². The van der Waals surface area contributed by atoms with E-state index in [0.717, 1.165) is 25.9 Å². The molecule has 1 saturated heterocycles. The lowest BCUT2D eigenvalue weighted by molar-refractivity contribution is -0.144. The molecular formula is C11H22N2O2. The Kier molecular flexibility index (Phi) is 4.54. The van der Waals surface area contributed by atoms with Crippen LogP contribution < -0.4 is 0 Å². The fraction of sp³-hybridized carbons (Fsp3) is 0.909. The first kappa shape index (κ1) is 12.5. The number of rotatable bonds is 4. The molecule has 0 amide bonds. The van der Waals surface area contributed by atoms with Crippen molar-refractivity contribution in [3.8, 4) is 0 Å². The average molecular weight is 214 g/mol. The van der Waals surface area contributed by atoms with E-state index in [9.17, 15) is 4.79 Å². The summed E-state index contributed by atoms with van der Waals surface area (Å²) in [6.07, 6.45) is 2.86. The van der Waals surface area contributed by atoms with Crippen molar-refractivity contribution in [2.24, 2.45) is 0 Å². The molecule has 0 aromatic rings. The van der Waals surface area contributed by atoms with E-state index in [1.54, 1.807) is 0 Å². The van der Waals surface area contributed by atoms with Crippen LogP contribution in [0.5, 0.6) is 0 Å². The van der Waals surface area contributed by atoms with Gasteiger partial charge in [-0.05, 0) is 33.4 Å². The lowest BCUT2D eigenvalue weighted by Crippen LogP contribution is -2.48. The molecule has 0 bridgehead atoms. The Morgan fingerprint density at radius 3 is 2.33 bits per heavy atom. The number of piperidine rings is 1. The average Bonchev–Trinajstić information content (AvgIpc) is 2.19. The maximum Gasteiger partial charge on any atom is 0.320 e. The minimum absolute atomic E-state index is 0.284. The lowest BCUT2D eigenvalue weighted by Gasteiger charge is -2.37. The second kappa shape index (κ2) is 5.47. The molecule has 0 aliphatic carbocycles. The summed E-state index contributed by atoms with van der Waals surface area (Å²) in [4.78, 5) is 15.3. The molecule has 1 heterocycles. The summed E-state index contributed by atoms with van der Waals surface area (Å²) in [5.41, 5.74) is 0. The zero-order valence-corrected chi connectivity index (χ0v) is 9.94. The number of hydrogen-bond donors (Lipinski definition) is 1. The van der Waals surface area contributed by atoms with Gasteiger partial charge in [-0.15, -0.1) is 0 Å². The second-order valence-electron chi connectivity index (χ2n) is 4.49. The highest BCUT2D eigenvalue weighted by Gasteiger charge is 2.28. The summed E-state index contributed by atoms with van der Waals surface area (Å²) in [7, 11) is 4.18. The Morgan fingerprint density at radius 2 is 2.00 bits per heavy atom. The van der Waals surface area contributed by atoms with Gasteiger partial charge in [0.2, 0.25) is 0 Å². The molecule has 1 unspecified atom stereocenters. The topological polar surface area (TPSA) is 43.8 Å². The molecule has 1 fully saturated rings. The highest BCUT2D eigenvalue weighted by molar-refractivity contribution is 5.73. The fourth-order valence-electron chi connectivity index (χ4n) is 2.30. The summed E-state index contributed by atoms with van der Waals surface area (Å²) in [5, 5.41) is 9.05. The lowest BCUT2D eigenvalue weighted by atomic mass is 10.0. The van der Waals surface area contributed by atoms with Crippen molar-refractivity contribution in [2.45, 2.75) is 38.3 Å². The normalized spacial score (nSPS) is 21.9. The Hall–Kier alpha value is -0.610. The SMILES string of the molecule is CCC(C(=O)O)N1CCC(N(C)C)CC1. The van der Waals surface area contributed by atoms with Crippen LogP contribution in [0.15, 0.2) is 0 Å². The van der Waals surface area contributed by atoms with E-state index in [0.29, 0.717) is 12.5 Å². The highest BCUT2D eigenvalue weighted by atomic mass is 16.4. The second-order valence-corrected chi connectivity index (χ2v) is 4.49. The van der Waals surface area contributed by atoms with E-state index in [1.807, 2.05) is 6.92 Å². The molecule has 1 rings (SSSR count). The van der Waals surface area contributed by atoms with E-state index < -0.39 is 5.97 Å². The molecule has 0 aromatic heterocycles. The minimum Gasteiger partial charge on any atom is -0.480 e. The molecule has 0 saturated carbocycles. The zero-order chi connectivity index (χ0) is 11.4. The first-order valence-electron chi connectivity index (χ1n) is 5.69. The molecule has 4 heteroatoms. The quantitative estimate of drug-likeness (QED) is 0.754. The third-order valence-electron chi connectivity index (χ3n) is 3.34. The van der Waals surface area contributed by atoms with Crippen molar-refractivity contribution in [1.82, 2.24) is 9.80 Å². The Morgan fingerprint density at radius 1 is 1.47 bits per heavy atom. The summed E-state index contributed by atoms with van der Waals surface area (Å²) in [6.45, 7) is 3.76. The van der Waals surface area contributed by atoms with Gasteiger partial charge in [-0.25, -0.2) is 0 Å². The number of nitrogens with zero attached hydrogens (tertiary/aromatic N) is 2. The van der Waals surface area contributed by atoms with E-state index in [4.69, 9.17) is 5.11 Å². The van der Waals surface area contributed by atoms with Gasteiger partial charge >= 0.3 is 5.97 Å². The number of carbonyl (C=O) groups is 1. The smallest absolute Gasteiger partial charge is 0.320 e. The number of carboxylic acid groups (broad SMARTS) is 1. The van der Waals surface area contributed by atoms with Crippen LogP contribution in [0.2, 0.25) is 0 Å². The van der Waals surface area contributed by atoms with Gasteiger partial charge in [0.15, 0.2) is 0 Å². The zero-order valence-electron chi connectivity index (χ0n) is 9.94. The van der Waals surface area contributed by atoms with Crippen LogP contribution in [-0.2, 0) is 4.79 Å². The van der Waals surface area contributed by atoms with Gasteiger partial charge in [0, 0.05) is 19.1 Å². The van der Waals surface area contributed by atoms with Crippen LogP contribution in [0.4, 0.5) is 0 Å². The number of hydrogen-bond acceptors (Lipinski definition) is 3. The maximum atomic E-state index is 11.0. The van der Waals surface area contributed by atoms with E-state index in [-0.39, 0.29) is 6.04 Å². The molecule has 1 atom stereocenters.